The van der Waals surface area contributed by atoms with E-state index in [1.165, 1.54) is 0 Å². The third-order valence-corrected chi connectivity index (χ3v) is 2.91. The summed E-state index contributed by atoms with van der Waals surface area (Å²) in [6.45, 7) is 14.9. The average molecular weight is 251 g/mol. The van der Waals surface area contributed by atoms with Crippen LogP contribution in [0.5, 0.6) is 0 Å². The van der Waals surface area contributed by atoms with Gasteiger partial charge < -0.3 is 9.72 Å². The van der Waals surface area contributed by atoms with Crippen LogP contribution in [0.2, 0.25) is 0 Å². The van der Waals surface area contributed by atoms with Crippen molar-refractivity contribution < 1.29 is 9.53 Å². The quantitative estimate of drug-likeness (QED) is 0.813. The number of aromatic amines is 1. The van der Waals surface area contributed by atoms with Gasteiger partial charge in [-0.25, -0.2) is 4.79 Å². The fourth-order valence-electron chi connectivity index (χ4n) is 1.81. The second-order valence-electron chi connectivity index (χ2n) is 6.69. The number of hydrogen-bond acceptors (Lipinski definition) is 2. The average Bonchev–Trinajstić information content (AvgIpc) is 2.60. The van der Waals surface area contributed by atoms with Gasteiger partial charge in [-0.1, -0.05) is 41.5 Å². The van der Waals surface area contributed by atoms with Gasteiger partial charge in [-0.2, -0.15) is 0 Å². The number of H-pyrrole nitrogens is 1. The van der Waals surface area contributed by atoms with Crippen molar-refractivity contribution in [1.29, 1.82) is 0 Å². The van der Waals surface area contributed by atoms with Crippen LogP contribution in [-0.2, 0) is 15.6 Å². The summed E-state index contributed by atoms with van der Waals surface area (Å²) in [5.74, 6) is -0.266. The number of ether oxygens (including phenoxy) is 1. The lowest BCUT2D eigenvalue weighted by Crippen LogP contribution is -2.17. The highest BCUT2D eigenvalue weighted by atomic mass is 16.5. The van der Waals surface area contributed by atoms with Crippen molar-refractivity contribution in [2.75, 3.05) is 6.61 Å². The summed E-state index contributed by atoms with van der Waals surface area (Å²) in [5, 5.41) is 0. The smallest absolute Gasteiger partial charge is 0.355 e. The first kappa shape index (κ1) is 14.8. The number of aromatic nitrogens is 1. The predicted molar refractivity (Wildman–Crippen MR) is 74.1 cm³/mol. The predicted octanol–water partition coefficient (Wildman–Crippen LogP) is 3.79. The van der Waals surface area contributed by atoms with Crippen molar-refractivity contribution in [2.24, 2.45) is 0 Å². The van der Waals surface area contributed by atoms with Gasteiger partial charge in [0.15, 0.2) is 0 Å². The summed E-state index contributed by atoms with van der Waals surface area (Å²) in [4.78, 5) is 15.2. The molecule has 0 atom stereocenters. The Kier molecular flexibility index (Phi) is 3.94. The molecule has 0 spiro atoms. The van der Waals surface area contributed by atoms with Crippen molar-refractivity contribution >= 4 is 5.97 Å². The second-order valence-corrected chi connectivity index (χ2v) is 6.69. The summed E-state index contributed by atoms with van der Waals surface area (Å²) < 4.78 is 5.12. The van der Waals surface area contributed by atoms with Gasteiger partial charge in [-0.05, 0) is 24.0 Å². The van der Waals surface area contributed by atoms with Gasteiger partial charge in [0.1, 0.15) is 5.69 Å². The summed E-state index contributed by atoms with van der Waals surface area (Å²) in [6, 6.07) is 2.09. The van der Waals surface area contributed by atoms with Gasteiger partial charge in [-0.15, -0.1) is 0 Å². The Balaban J connectivity index is 3.31. The van der Waals surface area contributed by atoms with Gasteiger partial charge in [0, 0.05) is 11.1 Å². The Bertz CT molecular complexity index is 430. The molecule has 0 aliphatic carbocycles. The maximum atomic E-state index is 12.0. The largest absolute Gasteiger partial charge is 0.461 e. The summed E-state index contributed by atoms with van der Waals surface area (Å²) in [7, 11) is 0. The zero-order valence-electron chi connectivity index (χ0n) is 12.6. The molecule has 0 aliphatic rings. The molecule has 0 radical (unpaired) electrons. The van der Waals surface area contributed by atoms with Gasteiger partial charge in [-0.3, -0.25) is 0 Å². The number of rotatable bonds is 2. The Morgan fingerprint density at radius 3 is 2.11 bits per heavy atom. The molecule has 18 heavy (non-hydrogen) atoms. The van der Waals surface area contributed by atoms with Crippen LogP contribution < -0.4 is 0 Å². The fraction of sp³-hybridized carbons (Fsp3) is 0.667. The maximum absolute atomic E-state index is 12.0. The topological polar surface area (TPSA) is 42.1 Å². The van der Waals surface area contributed by atoms with Gasteiger partial charge >= 0.3 is 5.97 Å². The summed E-state index contributed by atoms with van der Waals surface area (Å²) in [5.41, 5.74) is 2.59. The lowest BCUT2D eigenvalue weighted by molar-refractivity contribution is 0.0517. The number of carbonyl (C=O) groups is 1. The molecule has 0 aliphatic heterocycles. The minimum atomic E-state index is -0.266. The van der Waals surface area contributed by atoms with Crippen LogP contribution in [0.1, 0.15) is 70.2 Å². The van der Waals surface area contributed by atoms with Crippen LogP contribution in [0.3, 0.4) is 0 Å². The van der Waals surface area contributed by atoms with Gasteiger partial charge in [0.25, 0.3) is 0 Å². The van der Waals surface area contributed by atoms with E-state index >= 15 is 0 Å². The highest BCUT2D eigenvalue weighted by molar-refractivity contribution is 5.89. The zero-order valence-corrected chi connectivity index (χ0v) is 12.6. The molecule has 0 aromatic carbocycles. The Morgan fingerprint density at radius 1 is 1.17 bits per heavy atom. The number of esters is 1. The van der Waals surface area contributed by atoms with E-state index < -0.39 is 0 Å². The first-order valence-corrected chi connectivity index (χ1v) is 6.48. The van der Waals surface area contributed by atoms with Crippen molar-refractivity contribution in [3.05, 3.63) is 23.0 Å². The molecule has 3 nitrogen and oxygen atoms in total. The van der Waals surface area contributed by atoms with Crippen molar-refractivity contribution in [1.82, 2.24) is 4.98 Å². The van der Waals surface area contributed by atoms with E-state index in [4.69, 9.17) is 4.74 Å². The van der Waals surface area contributed by atoms with Crippen LogP contribution >= 0.6 is 0 Å². The van der Waals surface area contributed by atoms with E-state index in [9.17, 15) is 4.79 Å². The van der Waals surface area contributed by atoms with Crippen LogP contribution in [0.25, 0.3) is 0 Å². The molecular formula is C15H25NO2. The molecule has 0 saturated carbocycles. The third-order valence-electron chi connectivity index (χ3n) is 2.91. The van der Waals surface area contributed by atoms with Crippen molar-refractivity contribution in [3.63, 3.8) is 0 Å². The second kappa shape index (κ2) is 4.79. The number of nitrogens with one attached hydrogen (secondary N) is 1. The number of hydrogen-bond donors (Lipinski definition) is 1. The molecule has 1 aromatic heterocycles. The molecule has 0 amide bonds. The number of carbonyl (C=O) groups excluding carboxylic acids is 1. The molecule has 0 unspecified atom stereocenters. The minimum Gasteiger partial charge on any atom is -0.461 e. The first-order valence-electron chi connectivity index (χ1n) is 6.48. The first-order chi connectivity index (χ1) is 8.07. The maximum Gasteiger partial charge on any atom is 0.355 e. The molecule has 0 bridgehead atoms. The standard InChI is InChI=1S/C15H25NO2/c1-8-18-13(17)12-10(14(2,3)4)9-11(16-12)15(5,6)7/h9,16H,8H2,1-7H3. The Labute approximate surface area is 110 Å². The third kappa shape index (κ3) is 3.15. The van der Waals surface area contributed by atoms with Crippen LogP contribution in [0, 0.1) is 0 Å². The van der Waals surface area contributed by atoms with Crippen LogP contribution in [-0.4, -0.2) is 17.6 Å². The van der Waals surface area contributed by atoms with Crippen molar-refractivity contribution in [2.45, 2.75) is 59.3 Å². The molecule has 0 saturated heterocycles. The molecule has 1 rings (SSSR count). The lowest BCUT2D eigenvalue weighted by atomic mass is 9.85. The van der Waals surface area contributed by atoms with Crippen molar-refractivity contribution in [3.8, 4) is 0 Å². The van der Waals surface area contributed by atoms with E-state index in [1.807, 2.05) is 6.92 Å². The van der Waals surface area contributed by atoms with E-state index in [2.05, 4.69) is 52.6 Å². The fourth-order valence-corrected chi connectivity index (χ4v) is 1.81. The summed E-state index contributed by atoms with van der Waals surface area (Å²) >= 11 is 0. The lowest BCUT2D eigenvalue weighted by Gasteiger charge is -2.19. The molecule has 102 valence electrons. The minimum absolute atomic E-state index is 0.00918. The van der Waals surface area contributed by atoms with E-state index in [0.717, 1.165) is 11.3 Å². The van der Waals surface area contributed by atoms with E-state index in [1.54, 1.807) is 0 Å². The van der Waals surface area contributed by atoms with Crippen LogP contribution in [0.15, 0.2) is 6.07 Å². The highest BCUT2D eigenvalue weighted by Crippen LogP contribution is 2.31. The molecule has 0 fully saturated rings. The monoisotopic (exact) mass is 251 g/mol. The Hall–Kier alpha value is -1.25. The van der Waals surface area contributed by atoms with Crippen LogP contribution in [0.4, 0.5) is 0 Å². The highest BCUT2D eigenvalue weighted by Gasteiger charge is 2.28. The molecule has 1 heterocycles. The summed E-state index contributed by atoms with van der Waals surface area (Å²) in [6.07, 6.45) is 0. The molecule has 1 aromatic rings. The zero-order chi connectivity index (χ0) is 14.1. The molecule has 3 heteroatoms. The van der Waals surface area contributed by atoms with Gasteiger partial charge in [0.2, 0.25) is 0 Å². The van der Waals surface area contributed by atoms with E-state index in [-0.39, 0.29) is 16.8 Å². The SMILES string of the molecule is CCOC(=O)c1[nH]c(C(C)(C)C)cc1C(C)(C)C. The Morgan fingerprint density at radius 2 is 1.72 bits per heavy atom. The van der Waals surface area contributed by atoms with Gasteiger partial charge in [0.05, 0.1) is 6.61 Å². The molecular weight excluding hydrogens is 226 g/mol. The van der Waals surface area contributed by atoms with E-state index in [0.29, 0.717) is 12.3 Å². The molecule has 1 N–H and O–H groups in total. The normalized spacial score (nSPS) is 12.6.